The van der Waals surface area contributed by atoms with Gasteiger partial charge in [-0.3, -0.25) is 4.79 Å². The molecule has 1 fully saturated rings. The normalized spacial score (nSPS) is 16.4. The zero-order chi connectivity index (χ0) is 13.1. The third kappa shape index (κ3) is 3.31. The molecule has 2 rings (SSSR count). The predicted octanol–water partition coefficient (Wildman–Crippen LogP) is 3.44. The molecule has 0 saturated heterocycles. The Morgan fingerprint density at radius 2 is 2.22 bits per heavy atom. The van der Waals surface area contributed by atoms with E-state index in [1.807, 2.05) is 0 Å². The average Bonchev–Trinajstić information content (AvgIpc) is 3.15. The van der Waals surface area contributed by atoms with E-state index in [4.69, 9.17) is 0 Å². The van der Waals surface area contributed by atoms with Gasteiger partial charge in [0.2, 0.25) is 0 Å². The molecule has 1 unspecified atom stereocenters. The lowest BCUT2D eigenvalue weighted by molar-refractivity contribution is 0.0932. The quantitative estimate of drug-likeness (QED) is 0.851. The van der Waals surface area contributed by atoms with Crippen LogP contribution in [0.4, 0.5) is 4.39 Å². The van der Waals surface area contributed by atoms with Gasteiger partial charge in [0.15, 0.2) is 0 Å². The fraction of sp³-hybridized carbons (Fsp3) is 0.533. The highest BCUT2D eigenvalue weighted by molar-refractivity contribution is 5.94. The van der Waals surface area contributed by atoms with E-state index in [0.717, 1.165) is 18.8 Å². The fourth-order valence-electron chi connectivity index (χ4n) is 2.14. The van der Waals surface area contributed by atoms with Crippen molar-refractivity contribution >= 4 is 5.91 Å². The first-order valence-electron chi connectivity index (χ1n) is 6.67. The van der Waals surface area contributed by atoms with Gasteiger partial charge >= 0.3 is 0 Å². The number of nitrogens with one attached hydrogen (secondary N) is 1. The number of hydrogen-bond donors (Lipinski definition) is 1. The van der Waals surface area contributed by atoms with Gasteiger partial charge in [-0.25, -0.2) is 4.39 Å². The van der Waals surface area contributed by atoms with Crippen molar-refractivity contribution in [2.45, 2.75) is 45.6 Å². The molecule has 1 saturated carbocycles. The standard InChI is InChI=1S/C15H20FNO/c1-3-13(9-11-4-5-11)17-15(18)12-6-7-14(16)10(2)8-12/h6-8,11,13H,3-5,9H2,1-2H3,(H,17,18). The fourth-order valence-corrected chi connectivity index (χ4v) is 2.14. The molecule has 2 nitrogen and oxygen atoms in total. The summed E-state index contributed by atoms with van der Waals surface area (Å²) in [6.07, 6.45) is 4.61. The van der Waals surface area contributed by atoms with E-state index in [9.17, 15) is 9.18 Å². The second-order valence-corrected chi connectivity index (χ2v) is 5.22. The maximum Gasteiger partial charge on any atom is 0.251 e. The number of carbonyl (C=O) groups is 1. The van der Waals surface area contributed by atoms with E-state index < -0.39 is 0 Å². The number of halogens is 1. The van der Waals surface area contributed by atoms with Crippen LogP contribution < -0.4 is 5.32 Å². The maximum atomic E-state index is 13.1. The molecule has 0 aliphatic heterocycles. The third-order valence-corrected chi connectivity index (χ3v) is 3.56. The molecule has 1 aliphatic rings. The summed E-state index contributed by atoms with van der Waals surface area (Å²) < 4.78 is 13.1. The summed E-state index contributed by atoms with van der Waals surface area (Å²) in [6.45, 7) is 3.76. The lowest BCUT2D eigenvalue weighted by atomic mass is 10.1. The molecule has 3 heteroatoms. The molecule has 0 aromatic heterocycles. The minimum atomic E-state index is -0.267. The SMILES string of the molecule is CCC(CC1CC1)NC(=O)c1ccc(F)c(C)c1. The number of rotatable bonds is 5. The van der Waals surface area contributed by atoms with E-state index in [1.165, 1.54) is 18.9 Å². The second kappa shape index (κ2) is 5.51. The van der Waals surface area contributed by atoms with Crippen molar-refractivity contribution in [2.24, 2.45) is 5.92 Å². The van der Waals surface area contributed by atoms with Crippen LogP contribution in [-0.2, 0) is 0 Å². The van der Waals surface area contributed by atoms with E-state index in [1.54, 1.807) is 19.1 Å². The van der Waals surface area contributed by atoms with E-state index >= 15 is 0 Å². The first-order chi connectivity index (χ1) is 8.60. The van der Waals surface area contributed by atoms with Crippen LogP contribution >= 0.6 is 0 Å². The number of hydrogen-bond acceptors (Lipinski definition) is 1. The van der Waals surface area contributed by atoms with E-state index in [2.05, 4.69) is 12.2 Å². The lowest BCUT2D eigenvalue weighted by Crippen LogP contribution is -2.34. The molecule has 0 spiro atoms. The molecule has 1 N–H and O–H groups in total. The average molecular weight is 249 g/mol. The molecule has 0 bridgehead atoms. The Kier molecular flexibility index (Phi) is 4.00. The topological polar surface area (TPSA) is 29.1 Å². The number of aryl methyl sites for hydroxylation is 1. The largest absolute Gasteiger partial charge is 0.349 e. The molecular formula is C15H20FNO. The molecule has 1 aliphatic carbocycles. The van der Waals surface area contributed by atoms with Crippen molar-refractivity contribution in [3.63, 3.8) is 0 Å². The van der Waals surface area contributed by atoms with Gasteiger partial charge in [-0.15, -0.1) is 0 Å². The summed E-state index contributed by atoms with van der Waals surface area (Å²) in [4.78, 5) is 12.0. The Bertz CT molecular complexity index is 440. The summed E-state index contributed by atoms with van der Waals surface area (Å²) in [5, 5.41) is 3.04. The summed E-state index contributed by atoms with van der Waals surface area (Å²) in [7, 11) is 0. The van der Waals surface area contributed by atoms with Crippen LogP contribution in [0, 0.1) is 18.7 Å². The van der Waals surface area contributed by atoms with Crippen molar-refractivity contribution in [3.05, 3.63) is 35.1 Å². The predicted molar refractivity (Wildman–Crippen MR) is 70.0 cm³/mol. The van der Waals surface area contributed by atoms with Gasteiger partial charge < -0.3 is 5.32 Å². The monoisotopic (exact) mass is 249 g/mol. The van der Waals surface area contributed by atoms with Crippen LogP contribution in [0.1, 0.15) is 48.5 Å². The van der Waals surface area contributed by atoms with Crippen molar-refractivity contribution in [2.75, 3.05) is 0 Å². The van der Waals surface area contributed by atoms with Crippen LogP contribution in [0.15, 0.2) is 18.2 Å². The van der Waals surface area contributed by atoms with Crippen molar-refractivity contribution in [1.29, 1.82) is 0 Å². The first kappa shape index (κ1) is 13.1. The second-order valence-electron chi connectivity index (χ2n) is 5.22. The Morgan fingerprint density at radius 1 is 1.50 bits per heavy atom. The van der Waals surface area contributed by atoms with Gasteiger partial charge in [0.25, 0.3) is 5.91 Å². The minimum Gasteiger partial charge on any atom is -0.349 e. The molecule has 1 amide bonds. The highest BCUT2D eigenvalue weighted by Crippen LogP contribution is 2.34. The van der Waals surface area contributed by atoms with Gasteiger partial charge in [-0.05, 0) is 49.4 Å². The minimum absolute atomic E-state index is 0.0920. The smallest absolute Gasteiger partial charge is 0.251 e. The summed E-state index contributed by atoms with van der Waals surface area (Å²) >= 11 is 0. The van der Waals surface area contributed by atoms with Crippen LogP contribution in [0.25, 0.3) is 0 Å². The molecule has 1 atom stereocenters. The van der Waals surface area contributed by atoms with E-state index in [0.29, 0.717) is 11.1 Å². The Hall–Kier alpha value is -1.38. The molecule has 0 radical (unpaired) electrons. The van der Waals surface area contributed by atoms with Gasteiger partial charge in [0.1, 0.15) is 5.82 Å². The van der Waals surface area contributed by atoms with Gasteiger partial charge in [-0.2, -0.15) is 0 Å². The molecular weight excluding hydrogens is 229 g/mol. The van der Waals surface area contributed by atoms with Crippen LogP contribution in [0.2, 0.25) is 0 Å². The molecule has 98 valence electrons. The zero-order valence-corrected chi connectivity index (χ0v) is 11.0. The third-order valence-electron chi connectivity index (χ3n) is 3.56. The Balaban J connectivity index is 1.98. The maximum absolute atomic E-state index is 13.1. The van der Waals surface area contributed by atoms with Crippen LogP contribution in [0.5, 0.6) is 0 Å². The highest BCUT2D eigenvalue weighted by Gasteiger charge is 2.25. The Labute approximate surface area is 108 Å². The summed E-state index contributed by atoms with van der Waals surface area (Å²) in [6, 6.07) is 4.75. The van der Waals surface area contributed by atoms with E-state index in [-0.39, 0.29) is 17.8 Å². The molecule has 1 aromatic rings. The van der Waals surface area contributed by atoms with Crippen molar-refractivity contribution in [1.82, 2.24) is 5.32 Å². The highest BCUT2D eigenvalue weighted by atomic mass is 19.1. The number of benzene rings is 1. The molecule has 1 aromatic carbocycles. The Morgan fingerprint density at radius 3 is 2.78 bits per heavy atom. The van der Waals surface area contributed by atoms with Gasteiger partial charge in [0, 0.05) is 11.6 Å². The number of amides is 1. The van der Waals surface area contributed by atoms with Crippen molar-refractivity contribution < 1.29 is 9.18 Å². The molecule has 0 heterocycles. The zero-order valence-electron chi connectivity index (χ0n) is 11.0. The molecule has 18 heavy (non-hydrogen) atoms. The first-order valence-corrected chi connectivity index (χ1v) is 6.67. The van der Waals surface area contributed by atoms with Crippen LogP contribution in [-0.4, -0.2) is 11.9 Å². The lowest BCUT2D eigenvalue weighted by Gasteiger charge is -2.16. The summed E-state index contributed by atoms with van der Waals surface area (Å²) in [5.74, 6) is 0.437. The van der Waals surface area contributed by atoms with Gasteiger partial charge in [0.05, 0.1) is 0 Å². The van der Waals surface area contributed by atoms with Crippen LogP contribution in [0.3, 0.4) is 0 Å². The number of carbonyl (C=O) groups excluding carboxylic acids is 1. The summed E-state index contributed by atoms with van der Waals surface area (Å²) in [5.41, 5.74) is 1.06. The van der Waals surface area contributed by atoms with Crippen molar-refractivity contribution in [3.8, 4) is 0 Å². The van der Waals surface area contributed by atoms with Gasteiger partial charge in [-0.1, -0.05) is 19.8 Å².